The Labute approximate surface area is 94.8 Å². The second kappa shape index (κ2) is 5.27. The normalized spacial score (nSPS) is 25.6. The third-order valence-electron chi connectivity index (χ3n) is 2.61. The molecule has 16 heavy (non-hydrogen) atoms. The van der Waals surface area contributed by atoms with Crippen molar-refractivity contribution in [3.05, 3.63) is 5.89 Å². The van der Waals surface area contributed by atoms with E-state index in [9.17, 15) is 0 Å². The molecule has 1 aliphatic heterocycles. The first-order valence-corrected chi connectivity index (χ1v) is 5.63. The monoisotopic (exact) mass is 226 g/mol. The second-order valence-electron chi connectivity index (χ2n) is 4.08. The molecule has 6 nitrogen and oxygen atoms in total. The molecule has 1 fully saturated rings. The van der Waals surface area contributed by atoms with Crippen LogP contribution in [0.1, 0.15) is 25.7 Å². The van der Waals surface area contributed by atoms with Gasteiger partial charge in [0.1, 0.15) is 0 Å². The Morgan fingerprint density at radius 1 is 1.44 bits per heavy atom. The molecule has 0 radical (unpaired) electrons. The summed E-state index contributed by atoms with van der Waals surface area (Å²) in [7, 11) is 1.84. The molecule has 0 amide bonds. The van der Waals surface area contributed by atoms with E-state index in [0.717, 1.165) is 19.4 Å². The van der Waals surface area contributed by atoms with Crippen molar-refractivity contribution in [2.45, 2.75) is 38.5 Å². The molecule has 90 valence electrons. The molecule has 0 aromatic carbocycles. The van der Waals surface area contributed by atoms with Crippen molar-refractivity contribution in [1.29, 1.82) is 0 Å². The predicted molar refractivity (Wildman–Crippen MR) is 59.1 cm³/mol. The summed E-state index contributed by atoms with van der Waals surface area (Å²) in [5.41, 5.74) is 0. The Morgan fingerprint density at radius 2 is 2.31 bits per heavy atom. The fraction of sp³-hybridized carbons (Fsp3) is 0.800. The van der Waals surface area contributed by atoms with E-state index in [-0.39, 0.29) is 0 Å². The summed E-state index contributed by atoms with van der Waals surface area (Å²) in [5.74, 6) is 0.602. The van der Waals surface area contributed by atoms with E-state index < -0.39 is 0 Å². The van der Waals surface area contributed by atoms with Gasteiger partial charge in [0.25, 0.3) is 0 Å². The van der Waals surface area contributed by atoms with Gasteiger partial charge in [-0.05, 0) is 26.8 Å². The van der Waals surface area contributed by atoms with Crippen LogP contribution >= 0.6 is 0 Å². The van der Waals surface area contributed by atoms with Crippen LogP contribution in [0, 0.1) is 0 Å². The maximum Gasteiger partial charge on any atom is 0.315 e. The van der Waals surface area contributed by atoms with E-state index in [4.69, 9.17) is 9.15 Å². The van der Waals surface area contributed by atoms with Crippen LogP contribution in [0.15, 0.2) is 4.42 Å². The van der Waals surface area contributed by atoms with Crippen LogP contribution in [0.3, 0.4) is 0 Å². The average molecular weight is 226 g/mol. The summed E-state index contributed by atoms with van der Waals surface area (Å²) in [6.07, 6.45) is 2.25. The van der Waals surface area contributed by atoms with E-state index in [1.807, 2.05) is 7.05 Å². The van der Waals surface area contributed by atoms with E-state index in [2.05, 4.69) is 27.8 Å². The highest BCUT2D eigenvalue weighted by atomic mass is 16.5. The van der Waals surface area contributed by atoms with Gasteiger partial charge in [0.05, 0.1) is 12.6 Å². The van der Waals surface area contributed by atoms with Gasteiger partial charge in [0.2, 0.25) is 5.89 Å². The van der Waals surface area contributed by atoms with Crippen LogP contribution in [-0.2, 0) is 11.3 Å². The fourth-order valence-electron chi connectivity index (χ4n) is 1.84. The molecule has 2 rings (SSSR count). The number of rotatable bonds is 4. The quantitative estimate of drug-likeness (QED) is 0.790. The fourth-order valence-corrected chi connectivity index (χ4v) is 1.84. The van der Waals surface area contributed by atoms with Crippen LogP contribution in [-0.4, -0.2) is 36.0 Å². The molecule has 0 saturated carbocycles. The van der Waals surface area contributed by atoms with Gasteiger partial charge in [-0.15, -0.1) is 5.10 Å². The smallest absolute Gasteiger partial charge is 0.315 e. The van der Waals surface area contributed by atoms with E-state index in [0.29, 0.717) is 30.6 Å². The standard InChI is InChI=1S/C10H18N4O2/c1-7-5-8(3-4-15-7)12-10-14-13-9(16-10)6-11-2/h7-8,11H,3-6H2,1-2H3,(H,12,14). The van der Waals surface area contributed by atoms with Gasteiger partial charge < -0.3 is 19.8 Å². The van der Waals surface area contributed by atoms with Gasteiger partial charge >= 0.3 is 6.01 Å². The lowest BCUT2D eigenvalue weighted by atomic mass is 10.1. The number of nitrogens with zero attached hydrogens (tertiary/aromatic N) is 2. The summed E-state index contributed by atoms with van der Waals surface area (Å²) in [6, 6.07) is 0.871. The van der Waals surface area contributed by atoms with Gasteiger partial charge in [-0.2, -0.15) is 0 Å². The van der Waals surface area contributed by atoms with Crippen molar-refractivity contribution in [2.24, 2.45) is 0 Å². The molecule has 1 saturated heterocycles. The van der Waals surface area contributed by atoms with Crippen molar-refractivity contribution in [3.8, 4) is 0 Å². The SMILES string of the molecule is CNCc1nnc(NC2CCOC(C)C2)o1. The summed E-state index contributed by atoms with van der Waals surface area (Å²) in [5, 5.41) is 14.1. The van der Waals surface area contributed by atoms with Crippen LogP contribution in [0.2, 0.25) is 0 Å². The van der Waals surface area contributed by atoms with Crippen molar-refractivity contribution in [1.82, 2.24) is 15.5 Å². The third kappa shape index (κ3) is 2.93. The highest BCUT2D eigenvalue weighted by Crippen LogP contribution is 2.17. The summed E-state index contributed by atoms with van der Waals surface area (Å²) < 4.78 is 10.9. The number of ether oxygens (including phenoxy) is 1. The maximum atomic E-state index is 5.47. The summed E-state index contributed by atoms with van der Waals surface area (Å²) >= 11 is 0. The number of anilines is 1. The molecule has 0 spiro atoms. The topological polar surface area (TPSA) is 72.2 Å². The Morgan fingerprint density at radius 3 is 3.06 bits per heavy atom. The molecule has 1 aromatic heterocycles. The summed E-state index contributed by atoms with van der Waals surface area (Å²) in [4.78, 5) is 0. The van der Waals surface area contributed by atoms with Crippen molar-refractivity contribution in [2.75, 3.05) is 19.0 Å². The van der Waals surface area contributed by atoms with Gasteiger partial charge in [0, 0.05) is 12.6 Å². The first-order valence-electron chi connectivity index (χ1n) is 5.63. The number of aromatic nitrogens is 2. The lowest BCUT2D eigenvalue weighted by molar-refractivity contribution is 0.0229. The van der Waals surface area contributed by atoms with Gasteiger partial charge in [-0.25, -0.2) is 0 Å². The molecule has 0 bridgehead atoms. The average Bonchev–Trinajstić information content (AvgIpc) is 2.66. The molecule has 2 atom stereocenters. The lowest BCUT2D eigenvalue weighted by Gasteiger charge is -2.27. The third-order valence-corrected chi connectivity index (χ3v) is 2.61. The Balaban J connectivity index is 1.87. The zero-order valence-electron chi connectivity index (χ0n) is 9.69. The highest BCUT2D eigenvalue weighted by molar-refractivity contribution is 5.19. The van der Waals surface area contributed by atoms with E-state index in [1.54, 1.807) is 0 Å². The minimum Gasteiger partial charge on any atom is -0.407 e. The molecule has 1 aliphatic rings. The van der Waals surface area contributed by atoms with Gasteiger partial charge in [-0.1, -0.05) is 5.10 Å². The summed E-state index contributed by atoms with van der Waals surface area (Å²) in [6.45, 7) is 3.46. The molecule has 2 unspecified atom stereocenters. The zero-order valence-corrected chi connectivity index (χ0v) is 9.69. The number of hydrogen-bond acceptors (Lipinski definition) is 6. The molecular formula is C10H18N4O2. The van der Waals surface area contributed by atoms with Gasteiger partial charge in [-0.3, -0.25) is 0 Å². The van der Waals surface area contributed by atoms with Crippen LogP contribution in [0.5, 0.6) is 0 Å². The Bertz CT molecular complexity index is 328. The molecule has 6 heteroatoms. The molecular weight excluding hydrogens is 208 g/mol. The van der Waals surface area contributed by atoms with Crippen molar-refractivity contribution in [3.63, 3.8) is 0 Å². The first-order chi connectivity index (χ1) is 7.78. The predicted octanol–water partition coefficient (Wildman–Crippen LogP) is 0.768. The highest BCUT2D eigenvalue weighted by Gasteiger charge is 2.20. The number of hydrogen-bond donors (Lipinski definition) is 2. The van der Waals surface area contributed by atoms with Crippen molar-refractivity contribution >= 4 is 6.01 Å². The molecule has 0 aliphatic carbocycles. The Hall–Kier alpha value is -1.14. The minimum absolute atomic E-state index is 0.297. The van der Waals surface area contributed by atoms with Crippen molar-refractivity contribution < 1.29 is 9.15 Å². The maximum absolute atomic E-state index is 5.47. The number of nitrogens with one attached hydrogen (secondary N) is 2. The van der Waals surface area contributed by atoms with E-state index >= 15 is 0 Å². The Kier molecular flexibility index (Phi) is 3.74. The zero-order chi connectivity index (χ0) is 11.4. The van der Waals surface area contributed by atoms with Crippen LogP contribution in [0.4, 0.5) is 6.01 Å². The first kappa shape index (κ1) is 11.3. The van der Waals surface area contributed by atoms with E-state index in [1.165, 1.54) is 0 Å². The molecule has 2 N–H and O–H groups in total. The largest absolute Gasteiger partial charge is 0.407 e. The molecule has 1 aromatic rings. The van der Waals surface area contributed by atoms with Gasteiger partial charge in [0.15, 0.2) is 0 Å². The second-order valence-corrected chi connectivity index (χ2v) is 4.08. The molecule has 2 heterocycles. The van der Waals surface area contributed by atoms with Crippen LogP contribution in [0.25, 0.3) is 0 Å². The van der Waals surface area contributed by atoms with Crippen LogP contribution < -0.4 is 10.6 Å². The lowest BCUT2D eigenvalue weighted by Crippen LogP contribution is -2.32. The minimum atomic E-state index is 0.297.